The van der Waals surface area contributed by atoms with E-state index in [1.165, 1.54) is 0 Å². The molecule has 1 N–H and O–H groups in total. The number of aromatic nitrogens is 3. The van der Waals surface area contributed by atoms with Crippen molar-refractivity contribution in [2.45, 2.75) is 5.03 Å². The summed E-state index contributed by atoms with van der Waals surface area (Å²) in [4.78, 5) is 0. The fourth-order valence-electron chi connectivity index (χ4n) is 0.373. The maximum absolute atomic E-state index is 3.57. The topological polar surface area (TPSA) is 41.6 Å². The van der Waals surface area contributed by atoms with Gasteiger partial charge < -0.3 is 0 Å². The Hall–Kier alpha value is -0.770. The third-order valence-electron chi connectivity index (χ3n) is 0.699. The molecule has 0 amide bonds. The fourth-order valence-corrected chi connectivity index (χ4v) is 0.868. The summed E-state index contributed by atoms with van der Waals surface area (Å²) in [5.41, 5.74) is 0. The lowest BCUT2D eigenvalue weighted by atomic mass is 10.8. The average molecular weight is 140 g/mol. The number of hydrogen-bond donors (Lipinski definition) is 1. The first-order chi connectivity index (χ1) is 4.43. The molecule has 9 heavy (non-hydrogen) atoms. The Morgan fingerprint density at radius 2 is 2.78 bits per heavy atom. The van der Waals surface area contributed by atoms with Crippen molar-refractivity contribution in [2.75, 3.05) is 5.75 Å². The van der Waals surface area contributed by atoms with E-state index >= 15 is 0 Å². The molecule has 0 saturated carbocycles. The van der Waals surface area contributed by atoms with Crippen molar-refractivity contribution in [2.24, 2.45) is 0 Å². The molecule has 0 spiro atoms. The highest BCUT2D eigenvalue weighted by Crippen LogP contribution is 2.10. The van der Waals surface area contributed by atoms with Gasteiger partial charge in [-0.3, -0.25) is 5.10 Å². The molecule has 0 aliphatic rings. The smallest absolute Gasteiger partial charge is 0.149 e. The van der Waals surface area contributed by atoms with E-state index in [1.54, 1.807) is 11.8 Å². The highest BCUT2D eigenvalue weighted by Gasteiger charge is 1.91. The summed E-state index contributed by atoms with van der Waals surface area (Å²) in [6.45, 7) is 3.57. The van der Waals surface area contributed by atoms with Crippen molar-refractivity contribution in [3.8, 4) is 0 Å². The van der Waals surface area contributed by atoms with Gasteiger partial charge in [0.25, 0.3) is 0 Å². The molecule has 1 aromatic rings. The maximum atomic E-state index is 3.57. The third kappa shape index (κ3) is 1.89. The SMILES string of the molecule is C=CCSc1[c]nn[nH]1. The summed E-state index contributed by atoms with van der Waals surface area (Å²) in [5.74, 6) is 0.861. The van der Waals surface area contributed by atoms with Gasteiger partial charge in [0.15, 0.2) is 0 Å². The molecule has 4 heteroatoms. The van der Waals surface area contributed by atoms with Crippen LogP contribution in [0.5, 0.6) is 0 Å². The van der Waals surface area contributed by atoms with Gasteiger partial charge in [0.2, 0.25) is 0 Å². The Labute approximate surface area is 57.5 Å². The van der Waals surface area contributed by atoms with Crippen LogP contribution in [0.4, 0.5) is 0 Å². The van der Waals surface area contributed by atoms with Crippen molar-refractivity contribution in [3.05, 3.63) is 18.9 Å². The molecule has 0 aliphatic carbocycles. The lowest BCUT2D eigenvalue weighted by Gasteiger charge is -1.85. The van der Waals surface area contributed by atoms with Crippen LogP contribution >= 0.6 is 11.8 Å². The zero-order valence-corrected chi connectivity index (χ0v) is 5.61. The van der Waals surface area contributed by atoms with Crippen LogP contribution < -0.4 is 0 Å². The normalized spacial score (nSPS) is 9.33. The first-order valence-corrected chi connectivity index (χ1v) is 3.44. The quantitative estimate of drug-likeness (QED) is 0.500. The largest absolute Gasteiger partial charge is 0.251 e. The van der Waals surface area contributed by atoms with Crippen LogP contribution in [0.2, 0.25) is 0 Å². The van der Waals surface area contributed by atoms with Crippen LogP contribution in [0, 0.1) is 6.20 Å². The molecule has 1 radical (unpaired) electrons. The summed E-state index contributed by atoms with van der Waals surface area (Å²) < 4.78 is 0. The van der Waals surface area contributed by atoms with Gasteiger partial charge in [-0.15, -0.1) is 23.4 Å². The van der Waals surface area contributed by atoms with Crippen LogP contribution in [0.15, 0.2) is 17.7 Å². The van der Waals surface area contributed by atoms with Crippen molar-refractivity contribution in [1.82, 2.24) is 15.4 Å². The Balaban J connectivity index is 2.38. The number of nitrogens with one attached hydrogen (secondary N) is 1. The van der Waals surface area contributed by atoms with Crippen LogP contribution in [0.1, 0.15) is 0 Å². The molecule has 3 nitrogen and oxygen atoms in total. The molecule has 0 aromatic carbocycles. The first kappa shape index (κ1) is 6.35. The van der Waals surface area contributed by atoms with Gasteiger partial charge >= 0.3 is 0 Å². The fraction of sp³-hybridized carbons (Fsp3) is 0.200. The van der Waals surface area contributed by atoms with Gasteiger partial charge in [0, 0.05) is 5.75 Å². The summed E-state index contributed by atoms with van der Waals surface area (Å²) in [6.07, 6.45) is 4.49. The second-order valence-electron chi connectivity index (χ2n) is 1.35. The number of H-pyrrole nitrogens is 1. The van der Waals surface area contributed by atoms with Crippen LogP contribution in [-0.2, 0) is 0 Å². The molecule has 1 aromatic heterocycles. The highest BCUT2D eigenvalue weighted by molar-refractivity contribution is 7.99. The van der Waals surface area contributed by atoms with Crippen molar-refractivity contribution in [1.29, 1.82) is 0 Å². The summed E-state index contributed by atoms with van der Waals surface area (Å²) in [5, 5.41) is 10.5. The maximum Gasteiger partial charge on any atom is 0.149 e. The predicted molar refractivity (Wildman–Crippen MR) is 36.1 cm³/mol. The molecule has 0 atom stereocenters. The Bertz CT molecular complexity index is 170. The highest BCUT2D eigenvalue weighted by atomic mass is 32.2. The van der Waals surface area contributed by atoms with Gasteiger partial charge in [-0.25, -0.2) is 0 Å². The van der Waals surface area contributed by atoms with Crippen molar-refractivity contribution >= 4 is 11.8 Å². The number of thioether (sulfide) groups is 1. The van der Waals surface area contributed by atoms with Crippen LogP contribution in [0.3, 0.4) is 0 Å². The van der Waals surface area contributed by atoms with E-state index in [0.717, 1.165) is 10.8 Å². The summed E-state index contributed by atoms with van der Waals surface area (Å²) >= 11 is 1.57. The zero-order valence-electron chi connectivity index (χ0n) is 4.79. The molecule has 1 rings (SSSR count). The summed E-state index contributed by atoms with van der Waals surface area (Å²) in [6, 6.07) is 0. The van der Waals surface area contributed by atoms with Gasteiger partial charge in [-0.05, 0) is 0 Å². The van der Waals surface area contributed by atoms with E-state index in [2.05, 4.69) is 28.2 Å². The van der Waals surface area contributed by atoms with Gasteiger partial charge in [-0.1, -0.05) is 11.3 Å². The second kappa shape index (κ2) is 3.29. The number of rotatable bonds is 3. The molecule has 47 valence electrons. The Morgan fingerprint density at radius 1 is 1.89 bits per heavy atom. The second-order valence-corrected chi connectivity index (χ2v) is 2.38. The lowest BCUT2D eigenvalue weighted by molar-refractivity contribution is 0.911. The molecule has 0 saturated heterocycles. The van der Waals surface area contributed by atoms with Crippen LogP contribution in [-0.4, -0.2) is 21.2 Å². The number of hydrogen-bond acceptors (Lipinski definition) is 3. The summed E-state index contributed by atoms with van der Waals surface area (Å²) in [7, 11) is 0. The minimum atomic E-state index is 0.856. The van der Waals surface area contributed by atoms with E-state index in [0.29, 0.717) is 0 Å². The van der Waals surface area contributed by atoms with Crippen molar-refractivity contribution < 1.29 is 0 Å². The number of nitrogens with zero attached hydrogens (tertiary/aromatic N) is 2. The van der Waals surface area contributed by atoms with Gasteiger partial charge in [0.1, 0.15) is 11.2 Å². The van der Waals surface area contributed by atoms with E-state index in [4.69, 9.17) is 0 Å². The molecular formula is C5H6N3S. The van der Waals surface area contributed by atoms with Gasteiger partial charge in [0.05, 0.1) is 0 Å². The Morgan fingerprint density at radius 3 is 3.33 bits per heavy atom. The van der Waals surface area contributed by atoms with Gasteiger partial charge in [-0.2, -0.15) is 0 Å². The molecule has 0 fully saturated rings. The predicted octanol–water partition coefficient (Wildman–Crippen LogP) is 0.883. The minimum Gasteiger partial charge on any atom is -0.251 e. The lowest BCUT2D eigenvalue weighted by Crippen LogP contribution is -1.72. The molecule has 1 heterocycles. The molecular weight excluding hydrogens is 134 g/mol. The molecule has 0 bridgehead atoms. The monoisotopic (exact) mass is 140 g/mol. The third-order valence-corrected chi connectivity index (χ3v) is 1.57. The average Bonchev–Trinajstić information content (AvgIpc) is 2.34. The minimum absolute atomic E-state index is 0.856. The van der Waals surface area contributed by atoms with E-state index in [9.17, 15) is 0 Å². The van der Waals surface area contributed by atoms with Crippen molar-refractivity contribution in [3.63, 3.8) is 0 Å². The zero-order chi connectivity index (χ0) is 6.53. The standard InChI is InChI=1S/C5H6N3S/c1-2-3-9-5-4-6-8-7-5/h2H,1,3H2,(H,6,7,8). The van der Waals surface area contributed by atoms with E-state index < -0.39 is 0 Å². The van der Waals surface area contributed by atoms with E-state index in [1.807, 2.05) is 6.08 Å². The van der Waals surface area contributed by atoms with Crippen LogP contribution in [0.25, 0.3) is 0 Å². The first-order valence-electron chi connectivity index (χ1n) is 2.46. The van der Waals surface area contributed by atoms with E-state index in [-0.39, 0.29) is 0 Å². The number of aromatic amines is 1. The molecule has 0 aliphatic heterocycles. The molecule has 0 unspecified atom stereocenters. The Kier molecular flexibility index (Phi) is 2.32.